The predicted molar refractivity (Wildman–Crippen MR) is 115 cm³/mol. The summed E-state index contributed by atoms with van der Waals surface area (Å²) in [6.45, 7) is 2.79. The number of amides is 1. The Balaban J connectivity index is 0.00000259. The quantitative estimate of drug-likeness (QED) is 0.718. The van der Waals surface area contributed by atoms with Gasteiger partial charge in [0.1, 0.15) is 17.7 Å². The molecule has 32 heavy (non-hydrogen) atoms. The molecule has 2 fully saturated rings. The Morgan fingerprint density at radius 3 is 2.66 bits per heavy atom. The molecule has 10 heteroatoms. The number of hydrogen-bond donors (Lipinski definition) is 1. The molecule has 2 aliphatic carbocycles. The maximum atomic E-state index is 14.2. The van der Waals surface area contributed by atoms with E-state index >= 15 is 0 Å². The third kappa shape index (κ3) is 3.76. The molecule has 2 aromatic rings. The van der Waals surface area contributed by atoms with Crippen LogP contribution in [0.1, 0.15) is 52.3 Å². The number of alkyl halides is 2. The molecule has 1 amide bonds. The van der Waals surface area contributed by atoms with Gasteiger partial charge in [-0.2, -0.15) is 13.8 Å². The average Bonchev–Trinajstić information content (AvgIpc) is 3.40. The number of carbonyl (C=O) groups is 1. The smallest absolute Gasteiger partial charge is 0.304 e. The highest BCUT2D eigenvalue weighted by molar-refractivity contribution is 5.89. The number of nitrogens with zero attached hydrogens (tertiary/aromatic N) is 4. The lowest BCUT2D eigenvalue weighted by Crippen LogP contribution is -2.39. The largest absolute Gasteiger partial charge is 0.474 e. The maximum Gasteiger partial charge on any atom is 0.304 e. The summed E-state index contributed by atoms with van der Waals surface area (Å²) in [5, 5.41) is 2.69. The highest BCUT2D eigenvalue weighted by Gasteiger charge is 2.53. The molecule has 1 spiro atoms. The van der Waals surface area contributed by atoms with E-state index in [0.717, 1.165) is 31.0 Å². The maximum absolute atomic E-state index is 14.2. The van der Waals surface area contributed by atoms with Crippen molar-refractivity contribution in [3.63, 3.8) is 0 Å². The van der Waals surface area contributed by atoms with E-state index in [-0.39, 0.29) is 30.8 Å². The van der Waals surface area contributed by atoms with E-state index in [1.165, 1.54) is 6.92 Å². The molecule has 5 rings (SSSR count). The fraction of sp³-hybridized carbons (Fsp3) is 0.545. The normalized spacial score (nSPS) is 23.0. The molecule has 1 N–H and O–H groups in total. The zero-order chi connectivity index (χ0) is 22.7. The van der Waals surface area contributed by atoms with Crippen molar-refractivity contribution in [1.29, 1.82) is 0 Å². The zero-order valence-electron chi connectivity index (χ0n) is 18.2. The molecule has 2 aromatic heterocycles. The number of carbonyl (C=O) groups excluding carboxylic acids is 1. The standard InChI is InChI=1S/C22H25F2N5O3.H2/c1-12(30)26-17-8-16-15(10-25-17)22(4-5-22)11-29(16)18-9-19(28-20(27-18)21(2,23)24)32-14-6-13(7-14)31-3;/h8-10,13-14H,4-7,11H2,1-3H3,(H,25,26,30);1H. The second-order valence-electron chi connectivity index (χ2n) is 8.98. The van der Waals surface area contributed by atoms with E-state index in [1.54, 1.807) is 25.4 Å². The van der Waals surface area contributed by atoms with E-state index in [9.17, 15) is 13.6 Å². The van der Waals surface area contributed by atoms with Crippen molar-refractivity contribution in [3.05, 3.63) is 29.7 Å². The fourth-order valence-corrected chi connectivity index (χ4v) is 4.37. The van der Waals surface area contributed by atoms with Crippen LogP contribution in [0.2, 0.25) is 0 Å². The summed E-state index contributed by atoms with van der Waals surface area (Å²) in [4.78, 5) is 25.9. The zero-order valence-corrected chi connectivity index (χ0v) is 18.2. The molecule has 0 radical (unpaired) electrons. The van der Waals surface area contributed by atoms with E-state index in [2.05, 4.69) is 20.3 Å². The number of pyridine rings is 1. The van der Waals surface area contributed by atoms with Gasteiger partial charge in [0.25, 0.3) is 0 Å². The SMILES string of the molecule is COC1CC(Oc2cc(N3CC4(CC4)c4cnc(NC(C)=O)cc43)nc(C(C)(F)F)n2)C1.[HH]. The molecule has 0 unspecified atom stereocenters. The molecular weight excluding hydrogens is 420 g/mol. The number of methoxy groups -OCH3 is 1. The van der Waals surface area contributed by atoms with Crippen LogP contribution in [0.3, 0.4) is 0 Å². The van der Waals surface area contributed by atoms with Crippen LogP contribution in [0.5, 0.6) is 5.88 Å². The Labute approximate surface area is 185 Å². The van der Waals surface area contributed by atoms with Gasteiger partial charge < -0.3 is 19.7 Å². The van der Waals surface area contributed by atoms with Gasteiger partial charge in [0.2, 0.25) is 17.6 Å². The summed E-state index contributed by atoms with van der Waals surface area (Å²) in [5.74, 6) is -3.15. The van der Waals surface area contributed by atoms with Gasteiger partial charge in [-0.3, -0.25) is 4.79 Å². The molecule has 8 nitrogen and oxygen atoms in total. The van der Waals surface area contributed by atoms with Crippen LogP contribution in [0.15, 0.2) is 18.3 Å². The van der Waals surface area contributed by atoms with Crippen molar-refractivity contribution >= 4 is 23.2 Å². The van der Waals surface area contributed by atoms with Crippen LogP contribution in [-0.4, -0.2) is 46.7 Å². The van der Waals surface area contributed by atoms with Gasteiger partial charge in [-0.05, 0) is 12.8 Å². The number of anilines is 3. The fourth-order valence-electron chi connectivity index (χ4n) is 4.37. The molecule has 2 saturated carbocycles. The van der Waals surface area contributed by atoms with Crippen molar-refractivity contribution in [3.8, 4) is 5.88 Å². The van der Waals surface area contributed by atoms with Crippen molar-refractivity contribution in [1.82, 2.24) is 15.0 Å². The van der Waals surface area contributed by atoms with Gasteiger partial charge in [0.15, 0.2) is 0 Å². The highest BCUT2D eigenvalue weighted by Crippen LogP contribution is 2.58. The van der Waals surface area contributed by atoms with Gasteiger partial charge in [-0.25, -0.2) is 9.97 Å². The minimum Gasteiger partial charge on any atom is -0.474 e. The van der Waals surface area contributed by atoms with Crippen LogP contribution in [0.4, 0.5) is 26.1 Å². The number of aromatic nitrogens is 3. The summed E-state index contributed by atoms with van der Waals surface area (Å²) in [7, 11) is 1.64. The first-order chi connectivity index (χ1) is 15.2. The molecule has 3 aliphatic rings. The lowest BCUT2D eigenvalue weighted by molar-refractivity contribution is -0.114. The van der Waals surface area contributed by atoms with Gasteiger partial charge in [-0.15, -0.1) is 0 Å². The first-order valence-electron chi connectivity index (χ1n) is 10.7. The average molecular weight is 447 g/mol. The first kappa shape index (κ1) is 21.0. The van der Waals surface area contributed by atoms with Crippen molar-refractivity contribution in [2.24, 2.45) is 0 Å². The van der Waals surface area contributed by atoms with Crippen molar-refractivity contribution in [2.75, 3.05) is 23.9 Å². The minimum atomic E-state index is -3.22. The monoisotopic (exact) mass is 447 g/mol. The molecule has 3 heterocycles. The predicted octanol–water partition coefficient (Wildman–Crippen LogP) is 3.93. The summed E-state index contributed by atoms with van der Waals surface area (Å²) in [6, 6.07) is 3.38. The van der Waals surface area contributed by atoms with Crippen LogP contribution in [-0.2, 0) is 20.9 Å². The lowest BCUT2D eigenvalue weighted by atomic mass is 9.92. The van der Waals surface area contributed by atoms with Crippen LogP contribution >= 0.6 is 0 Å². The van der Waals surface area contributed by atoms with Crippen molar-refractivity contribution in [2.45, 2.75) is 63.1 Å². The highest BCUT2D eigenvalue weighted by atomic mass is 19.3. The Kier molecular flexibility index (Phi) is 4.81. The number of nitrogens with one attached hydrogen (secondary N) is 1. The molecule has 1 aliphatic heterocycles. The molecule has 172 valence electrons. The van der Waals surface area contributed by atoms with E-state index in [1.807, 2.05) is 4.90 Å². The second kappa shape index (κ2) is 7.33. The third-order valence-corrected chi connectivity index (χ3v) is 6.39. The van der Waals surface area contributed by atoms with Gasteiger partial charge in [-0.1, -0.05) is 0 Å². The Morgan fingerprint density at radius 2 is 2.03 bits per heavy atom. The molecule has 0 atom stereocenters. The van der Waals surface area contributed by atoms with E-state index < -0.39 is 11.7 Å². The van der Waals surface area contributed by atoms with Gasteiger partial charge in [0.05, 0.1) is 11.8 Å². The van der Waals surface area contributed by atoms with Gasteiger partial charge in [0, 0.05) is 71.1 Å². The number of ether oxygens (including phenoxy) is 2. The Morgan fingerprint density at radius 1 is 1.28 bits per heavy atom. The summed E-state index contributed by atoms with van der Waals surface area (Å²) < 4.78 is 39.6. The topological polar surface area (TPSA) is 89.5 Å². The summed E-state index contributed by atoms with van der Waals surface area (Å²) in [5.41, 5.74) is 1.79. The Hall–Kier alpha value is -2.88. The van der Waals surface area contributed by atoms with Crippen LogP contribution in [0.25, 0.3) is 0 Å². The molecule has 0 aromatic carbocycles. The molecule has 0 bridgehead atoms. The van der Waals surface area contributed by atoms with Crippen LogP contribution < -0.4 is 15.0 Å². The third-order valence-electron chi connectivity index (χ3n) is 6.39. The number of rotatable bonds is 6. The molecular formula is C22H27F2N5O3. The number of halogens is 2. The summed E-state index contributed by atoms with van der Waals surface area (Å²) in [6.07, 6.45) is 5.11. The van der Waals surface area contributed by atoms with Crippen molar-refractivity contribution < 1.29 is 24.5 Å². The minimum absolute atomic E-state index is 0. The van der Waals surface area contributed by atoms with Gasteiger partial charge >= 0.3 is 5.92 Å². The second-order valence-corrected chi connectivity index (χ2v) is 8.98. The Bertz CT molecular complexity index is 1070. The first-order valence-corrected chi connectivity index (χ1v) is 10.7. The van der Waals surface area contributed by atoms with E-state index in [4.69, 9.17) is 9.47 Å². The number of fused-ring (bicyclic) bond motifs is 2. The molecule has 0 saturated heterocycles. The number of hydrogen-bond acceptors (Lipinski definition) is 7. The van der Waals surface area contributed by atoms with Crippen LogP contribution in [0, 0.1) is 0 Å². The summed E-state index contributed by atoms with van der Waals surface area (Å²) >= 11 is 0. The lowest BCUT2D eigenvalue weighted by Gasteiger charge is -2.34. The van der Waals surface area contributed by atoms with E-state index in [0.29, 0.717) is 31.0 Å².